The zero-order valence-corrected chi connectivity index (χ0v) is 11.4. The molecule has 7 heteroatoms. The highest BCUT2D eigenvalue weighted by Gasteiger charge is 2.12. The number of rotatable bonds is 4. The fourth-order valence-corrected chi connectivity index (χ4v) is 2.22. The molecule has 1 N–H and O–H groups in total. The standard InChI is InChI=1S/C11H14BrN3O3/c12-11-7-10(15(16)17)2-1-9(11)8-13-14-3-5-18-6-4-14/h1-2,7,13H,3-6,8H2. The number of ether oxygens (including phenoxy) is 1. The molecule has 1 fully saturated rings. The summed E-state index contributed by atoms with van der Waals surface area (Å²) in [4.78, 5) is 10.2. The van der Waals surface area contributed by atoms with Crippen molar-refractivity contribution < 1.29 is 9.66 Å². The number of nitrogens with one attached hydrogen (secondary N) is 1. The van der Waals surface area contributed by atoms with Crippen LogP contribution < -0.4 is 5.43 Å². The van der Waals surface area contributed by atoms with Crippen molar-refractivity contribution in [1.29, 1.82) is 0 Å². The molecule has 0 atom stereocenters. The maximum Gasteiger partial charge on any atom is 0.270 e. The van der Waals surface area contributed by atoms with Gasteiger partial charge in [-0.25, -0.2) is 5.01 Å². The molecule has 0 aromatic heterocycles. The van der Waals surface area contributed by atoms with Gasteiger partial charge in [-0.05, 0) is 11.6 Å². The number of nitro benzene ring substituents is 1. The van der Waals surface area contributed by atoms with Crippen molar-refractivity contribution in [1.82, 2.24) is 10.4 Å². The minimum atomic E-state index is -0.399. The number of morpholine rings is 1. The van der Waals surface area contributed by atoms with Crippen molar-refractivity contribution in [3.05, 3.63) is 38.3 Å². The molecule has 1 saturated heterocycles. The van der Waals surface area contributed by atoms with Gasteiger partial charge in [-0.15, -0.1) is 0 Å². The van der Waals surface area contributed by atoms with Crippen molar-refractivity contribution in [2.24, 2.45) is 0 Å². The molecule has 0 bridgehead atoms. The number of nitrogens with zero attached hydrogens (tertiary/aromatic N) is 2. The Hall–Kier alpha value is -1.02. The molecule has 0 spiro atoms. The Balaban J connectivity index is 1.94. The molecule has 1 aliphatic heterocycles. The zero-order chi connectivity index (χ0) is 13.0. The Morgan fingerprint density at radius 2 is 2.17 bits per heavy atom. The predicted octanol–water partition coefficient (Wildman–Crippen LogP) is 1.69. The van der Waals surface area contributed by atoms with Crippen molar-refractivity contribution >= 4 is 21.6 Å². The third-order valence-corrected chi connectivity index (χ3v) is 3.49. The number of nitro groups is 1. The van der Waals surface area contributed by atoms with E-state index in [9.17, 15) is 10.1 Å². The third-order valence-electron chi connectivity index (χ3n) is 2.75. The van der Waals surface area contributed by atoms with Gasteiger partial charge in [0.25, 0.3) is 5.69 Å². The number of halogens is 1. The summed E-state index contributed by atoms with van der Waals surface area (Å²) in [7, 11) is 0. The smallest absolute Gasteiger partial charge is 0.270 e. The van der Waals surface area contributed by atoms with Gasteiger partial charge in [0.15, 0.2) is 0 Å². The summed E-state index contributed by atoms with van der Waals surface area (Å²) < 4.78 is 6.00. The molecule has 6 nitrogen and oxygen atoms in total. The highest BCUT2D eigenvalue weighted by Crippen LogP contribution is 2.22. The van der Waals surface area contributed by atoms with E-state index in [1.54, 1.807) is 6.07 Å². The van der Waals surface area contributed by atoms with Crippen LogP contribution in [0.4, 0.5) is 5.69 Å². The summed E-state index contributed by atoms with van der Waals surface area (Å²) in [6.45, 7) is 3.80. The lowest BCUT2D eigenvalue weighted by atomic mass is 10.2. The Labute approximate surface area is 113 Å². The minimum Gasteiger partial charge on any atom is -0.379 e. The lowest BCUT2D eigenvalue weighted by Gasteiger charge is -2.27. The van der Waals surface area contributed by atoms with Crippen LogP contribution in [0.15, 0.2) is 22.7 Å². The second kappa shape index (κ2) is 6.24. The highest BCUT2D eigenvalue weighted by atomic mass is 79.9. The van der Waals surface area contributed by atoms with Crippen LogP contribution in [-0.4, -0.2) is 36.2 Å². The summed E-state index contributed by atoms with van der Waals surface area (Å²) in [6.07, 6.45) is 0. The van der Waals surface area contributed by atoms with Gasteiger partial charge >= 0.3 is 0 Å². The monoisotopic (exact) mass is 315 g/mol. The van der Waals surface area contributed by atoms with E-state index in [0.717, 1.165) is 36.3 Å². The molecule has 0 amide bonds. The largest absolute Gasteiger partial charge is 0.379 e. The number of non-ortho nitro benzene ring substituents is 1. The van der Waals surface area contributed by atoms with Gasteiger partial charge in [0, 0.05) is 36.2 Å². The van der Waals surface area contributed by atoms with Crippen molar-refractivity contribution in [2.75, 3.05) is 26.3 Å². The maximum absolute atomic E-state index is 10.6. The van der Waals surface area contributed by atoms with Crippen LogP contribution in [0.3, 0.4) is 0 Å². The van der Waals surface area contributed by atoms with E-state index in [1.807, 2.05) is 0 Å². The molecular formula is C11H14BrN3O3. The van der Waals surface area contributed by atoms with Gasteiger partial charge in [-0.3, -0.25) is 15.5 Å². The molecule has 98 valence electrons. The van der Waals surface area contributed by atoms with Crippen LogP contribution in [0.1, 0.15) is 5.56 Å². The van der Waals surface area contributed by atoms with Crippen LogP contribution in [-0.2, 0) is 11.3 Å². The van der Waals surface area contributed by atoms with Crippen molar-refractivity contribution in [3.8, 4) is 0 Å². The van der Waals surface area contributed by atoms with Crippen LogP contribution >= 0.6 is 15.9 Å². The summed E-state index contributed by atoms with van der Waals surface area (Å²) in [6, 6.07) is 4.80. The number of benzene rings is 1. The highest BCUT2D eigenvalue weighted by molar-refractivity contribution is 9.10. The number of hydrogen-bond donors (Lipinski definition) is 1. The first-order valence-corrected chi connectivity index (χ1v) is 6.45. The molecule has 1 aromatic carbocycles. The quantitative estimate of drug-likeness (QED) is 0.676. The zero-order valence-electron chi connectivity index (χ0n) is 9.76. The first-order chi connectivity index (χ1) is 8.66. The molecule has 1 aromatic rings. The molecule has 0 radical (unpaired) electrons. The maximum atomic E-state index is 10.6. The molecule has 1 heterocycles. The Bertz CT molecular complexity index is 436. The van der Waals surface area contributed by atoms with Crippen molar-refractivity contribution in [2.45, 2.75) is 6.54 Å². The second-order valence-electron chi connectivity index (χ2n) is 3.97. The summed E-state index contributed by atoms with van der Waals surface area (Å²) >= 11 is 3.35. The SMILES string of the molecule is O=[N+]([O-])c1ccc(CNN2CCOCC2)c(Br)c1. The Morgan fingerprint density at radius 3 is 2.78 bits per heavy atom. The van der Waals surface area contributed by atoms with Crippen molar-refractivity contribution in [3.63, 3.8) is 0 Å². The third kappa shape index (κ3) is 3.49. The van der Waals surface area contributed by atoms with Gasteiger partial charge in [0.2, 0.25) is 0 Å². The molecule has 0 saturated carbocycles. The van der Waals surface area contributed by atoms with Crippen LogP contribution in [0.5, 0.6) is 0 Å². The first kappa shape index (κ1) is 13.4. The van der Waals surface area contributed by atoms with Gasteiger partial charge in [-0.1, -0.05) is 15.9 Å². The Kier molecular flexibility index (Phi) is 4.65. The average molecular weight is 316 g/mol. The first-order valence-electron chi connectivity index (χ1n) is 5.66. The minimum absolute atomic E-state index is 0.0944. The Morgan fingerprint density at radius 1 is 1.44 bits per heavy atom. The lowest BCUT2D eigenvalue weighted by Crippen LogP contribution is -2.45. The molecule has 0 unspecified atom stereocenters. The summed E-state index contributed by atoms with van der Waals surface area (Å²) in [5.41, 5.74) is 4.37. The van der Waals surface area contributed by atoms with E-state index in [1.165, 1.54) is 12.1 Å². The van der Waals surface area contributed by atoms with Gasteiger partial charge in [-0.2, -0.15) is 0 Å². The van der Waals surface area contributed by atoms with Crippen LogP contribution in [0.25, 0.3) is 0 Å². The normalized spacial score (nSPS) is 16.7. The molecule has 2 rings (SSSR count). The van der Waals surface area contributed by atoms with E-state index in [0.29, 0.717) is 6.54 Å². The van der Waals surface area contributed by atoms with E-state index in [4.69, 9.17) is 4.74 Å². The number of hydrogen-bond acceptors (Lipinski definition) is 5. The molecule has 18 heavy (non-hydrogen) atoms. The molecular weight excluding hydrogens is 302 g/mol. The van der Waals surface area contributed by atoms with Crippen LogP contribution in [0, 0.1) is 10.1 Å². The average Bonchev–Trinajstić information content (AvgIpc) is 2.38. The molecule has 0 aliphatic carbocycles. The fraction of sp³-hybridized carbons (Fsp3) is 0.455. The van der Waals surface area contributed by atoms with E-state index >= 15 is 0 Å². The van der Waals surface area contributed by atoms with Gasteiger partial charge in [0.1, 0.15) is 0 Å². The van der Waals surface area contributed by atoms with Crippen LogP contribution in [0.2, 0.25) is 0 Å². The topological polar surface area (TPSA) is 67.6 Å². The fourth-order valence-electron chi connectivity index (χ4n) is 1.71. The second-order valence-corrected chi connectivity index (χ2v) is 4.82. The van der Waals surface area contributed by atoms with Gasteiger partial charge in [0.05, 0.1) is 18.1 Å². The summed E-state index contributed by atoms with van der Waals surface area (Å²) in [5.74, 6) is 0. The van der Waals surface area contributed by atoms with Gasteiger partial charge < -0.3 is 4.74 Å². The van der Waals surface area contributed by atoms with E-state index < -0.39 is 4.92 Å². The predicted molar refractivity (Wildman–Crippen MR) is 70.0 cm³/mol. The van der Waals surface area contributed by atoms with E-state index in [-0.39, 0.29) is 5.69 Å². The molecule has 1 aliphatic rings. The number of hydrazine groups is 1. The summed E-state index contributed by atoms with van der Waals surface area (Å²) in [5, 5.41) is 12.7. The van der Waals surface area contributed by atoms with E-state index in [2.05, 4.69) is 26.4 Å². The lowest BCUT2D eigenvalue weighted by molar-refractivity contribution is -0.384.